The monoisotopic (exact) mass is 471 g/mol. The fourth-order valence-electron chi connectivity index (χ4n) is 4.16. The number of imidazole rings is 1. The Bertz CT molecular complexity index is 1330. The van der Waals surface area contributed by atoms with E-state index in [1.54, 1.807) is 16.7 Å². The molecule has 4 aromatic rings. The van der Waals surface area contributed by atoms with Crippen molar-refractivity contribution >= 4 is 11.7 Å². The van der Waals surface area contributed by atoms with Crippen LogP contribution in [0.25, 0.3) is 22.6 Å². The molecule has 1 amide bonds. The molecule has 3 aromatic heterocycles. The zero-order chi connectivity index (χ0) is 23.8. The van der Waals surface area contributed by atoms with E-state index in [0.29, 0.717) is 12.2 Å². The van der Waals surface area contributed by atoms with E-state index in [-0.39, 0.29) is 42.2 Å². The van der Waals surface area contributed by atoms with Crippen LogP contribution in [-0.4, -0.2) is 63.1 Å². The van der Waals surface area contributed by atoms with Crippen molar-refractivity contribution in [3.05, 3.63) is 72.1 Å². The first-order valence-electron chi connectivity index (χ1n) is 10.5. The Balaban J connectivity index is 1.58. The summed E-state index contributed by atoms with van der Waals surface area (Å²) in [5.41, 5.74) is 0.531. The molecule has 0 bridgehead atoms. The molecule has 34 heavy (non-hydrogen) atoms. The lowest BCUT2D eigenvalue weighted by Crippen LogP contribution is -2.46. The molecule has 1 aliphatic rings. The van der Waals surface area contributed by atoms with Crippen molar-refractivity contribution in [2.24, 2.45) is 0 Å². The van der Waals surface area contributed by atoms with E-state index in [2.05, 4.69) is 10.1 Å². The predicted octanol–water partition coefficient (Wildman–Crippen LogP) is 3.61. The number of methoxy groups -OCH3 is 1. The van der Waals surface area contributed by atoms with Crippen LogP contribution < -0.4 is 0 Å². The highest BCUT2D eigenvalue weighted by Gasteiger charge is 2.29. The molecular weight excluding hydrogens is 451 g/mol. The number of ether oxygens (including phenoxy) is 2. The van der Waals surface area contributed by atoms with Crippen LogP contribution in [0.1, 0.15) is 5.69 Å². The smallest absolute Gasteiger partial charge is 0.409 e. The summed E-state index contributed by atoms with van der Waals surface area (Å²) in [6.07, 6.45) is 3.73. The number of halogens is 3. The second-order valence-electron chi connectivity index (χ2n) is 7.83. The SMILES string of the molecule is COC(=O)N1CCO[C@@H](Cc2c(-c3c(F)cc(-n4cccn4)cc3F)nc3cc(F)ccn23)C1. The first kappa shape index (κ1) is 22.0. The summed E-state index contributed by atoms with van der Waals surface area (Å²) in [5.74, 6) is -2.20. The van der Waals surface area contributed by atoms with Gasteiger partial charge in [-0.1, -0.05) is 0 Å². The van der Waals surface area contributed by atoms with Crippen LogP contribution in [0.3, 0.4) is 0 Å². The summed E-state index contributed by atoms with van der Waals surface area (Å²) in [6.45, 7) is 0.873. The Hall–Kier alpha value is -3.86. The number of pyridine rings is 1. The number of aromatic nitrogens is 4. The molecule has 4 heterocycles. The Morgan fingerprint density at radius 1 is 1.21 bits per heavy atom. The molecular formula is C23H20F3N5O3. The zero-order valence-corrected chi connectivity index (χ0v) is 18.1. The fraction of sp³-hybridized carbons (Fsp3) is 0.261. The zero-order valence-electron chi connectivity index (χ0n) is 18.1. The molecule has 0 aliphatic carbocycles. The number of hydrogen-bond donors (Lipinski definition) is 0. The number of fused-ring (bicyclic) bond motifs is 1. The van der Waals surface area contributed by atoms with Crippen molar-refractivity contribution in [2.75, 3.05) is 26.8 Å². The normalized spacial score (nSPS) is 16.2. The summed E-state index contributed by atoms with van der Waals surface area (Å²) >= 11 is 0. The second-order valence-corrected chi connectivity index (χ2v) is 7.83. The maximum atomic E-state index is 15.3. The van der Waals surface area contributed by atoms with Gasteiger partial charge in [0.2, 0.25) is 0 Å². The molecule has 1 aliphatic heterocycles. The second kappa shape index (κ2) is 8.82. The van der Waals surface area contributed by atoms with Gasteiger partial charge in [0.25, 0.3) is 0 Å². The van der Waals surface area contributed by atoms with Crippen LogP contribution in [-0.2, 0) is 15.9 Å². The standard InChI is InChI=1S/C23H20F3N5O3/c1-33-23(32)29-7-8-34-16(13-29)12-19-22(28-20-9-14(24)3-6-30(19)20)21-17(25)10-15(11-18(21)26)31-5-2-4-27-31/h2-6,9-11,16H,7-8,12-13H2,1H3/t16-/m0/s1. The third kappa shape index (κ3) is 3.98. The van der Waals surface area contributed by atoms with Crippen LogP contribution in [0.15, 0.2) is 48.9 Å². The lowest BCUT2D eigenvalue weighted by atomic mass is 10.0. The van der Waals surface area contributed by atoms with Gasteiger partial charge in [-0.3, -0.25) is 0 Å². The van der Waals surface area contributed by atoms with Gasteiger partial charge in [-0.15, -0.1) is 0 Å². The third-order valence-electron chi connectivity index (χ3n) is 5.71. The topological polar surface area (TPSA) is 73.9 Å². The number of carbonyl (C=O) groups excluding carboxylic acids is 1. The average molecular weight is 471 g/mol. The fourth-order valence-corrected chi connectivity index (χ4v) is 4.16. The van der Waals surface area contributed by atoms with Gasteiger partial charge < -0.3 is 18.8 Å². The van der Waals surface area contributed by atoms with E-state index in [1.165, 1.54) is 41.2 Å². The molecule has 11 heteroatoms. The van der Waals surface area contributed by atoms with E-state index in [0.717, 1.165) is 12.1 Å². The number of benzene rings is 1. The molecule has 0 unspecified atom stereocenters. The highest BCUT2D eigenvalue weighted by atomic mass is 19.1. The highest BCUT2D eigenvalue weighted by Crippen LogP contribution is 2.32. The summed E-state index contributed by atoms with van der Waals surface area (Å²) in [7, 11) is 1.29. The van der Waals surface area contributed by atoms with Crippen LogP contribution in [0.5, 0.6) is 0 Å². The van der Waals surface area contributed by atoms with Crippen molar-refractivity contribution in [2.45, 2.75) is 12.5 Å². The third-order valence-corrected chi connectivity index (χ3v) is 5.71. The van der Waals surface area contributed by atoms with E-state index in [9.17, 15) is 9.18 Å². The quantitative estimate of drug-likeness (QED) is 0.455. The lowest BCUT2D eigenvalue weighted by Gasteiger charge is -2.32. The summed E-state index contributed by atoms with van der Waals surface area (Å²) < 4.78 is 57.9. The first-order valence-corrected chi connectivity index (χ1v) is 10.5. The van der Waals surface area contributed by atoms with Gasteiger partial charge in [0.15, 0.2) is 0 Å². The van der Waals surface area contributed by atoms with Gasteiger partial charge in [0.05, 0.1) is 49.0 Å². The van der Waals surface area contributed by atoms with Gasteiger partial charge in [0, 0.05) is 49.8 Å². The molecule has 1 saturated heterocycles. The first-order chi connectivity index (χ1) is 16.4. The Labute approximate surface area is 192 Å². The number of rotatable bonds is 4. The van der Waals surface area contributed by atoms with Crippen LogP contribution >= 0.6 is 0 Å². The minimum Gasteiger partial charge on any atom is -0.453 e. The van der Waals surface area contributed by atoms with Gasteiger partial charge in [-0.2, -0.15) is 5.10 Å². The Kier molecular flexibility index (Phi) is 5.70. The summed E-state index contributed by atoms with van der Waals surface area (Å²) in [5, 5.41) is 4.00. The lowest BCUT2D eigenvalue weighted by molar-refractivity contribution is -0.0241. The minimum absolute atomic E-state index is 0.0337. The van der Waals surface area contributed by atoms with Crippen molar-refractivity contribution in [1.29, 1.82) is 0 Å². The maximum absolute atomic E-state index is 15.3. The largest absolute Gasteiger partial charge is 0.453 e. The number of amides is 1. The molecule has 5 rings (SSSR count). The van der Waals surface area contributed by atoms with Crippen LogP contribution in [0, 0.1) is 17.5 Å². The van der Waals surface area contributed by atoms with Crippen molar-refractivity contribution in [3.63, 3.8) is 0 Å². The number of morpholine rings is 1. The van der Waals surface area contributed by atoms with Crippen molar-refractivity contribution < 1.29 is 27.4 Å². The summed E-state index contributed by atoms with van der Waals surface area (Å²) in [6, 6.07) is 6.38. The van der Waals surface area contributed by atoms with Crippen LogP contribution in [0.2, 0.25) is 0 Å². The maximum Gasteiger partial charge on any atom is 0.409 e. The molecule has 1 fully saturated rings. The predicted molar refractivity (Wildman–Crippen MR) is 115 cm³/mol. The van der Waals surface area contributed by atoms with E-state index < -0.39 is 29.6 Å². The van der Waals surface area contributed by atoms with Gasteiger partial charge in [-0.05, 0) is 12.1 Å². The molecule has 0 saturated carbocycles. The van der Waals surface area contributed by atoms with Crippen molar-refractivity contribution in [1.82, 2.24) is 24.1 Å². The van der Waals surface area contributed by atoms with Gasteiger partial charge in [-0.25, -0.2) is 27.6 Å². The van der Waals surface area contributed by atoms with E-state index >= 15 is 8.78 Å². The number of hydrogen-bond acceptors (Lipinski definition) is 5. The van der Waals surface area contributed by atoms with E-state index in [4.69, 9.17) is 9.47 Å². The van der Waals surface area contributed by atoms with Gasteiger partial charge in [0.1, 0.15) is 23.1 Å². The van der Waals surface area contributed by atoms with Crippen molar-refractivity contribution in [3.8, 4) is 16.9 Å². The minimum atomic E-state index is -0.837. The highest BCUT2D eigenvalue weighted by molar-refractivity contribution is 5.69. The molecule has 8 nitrogen and oxygen atoms in total. The van der Waals surface area contributed by atoms with Gasteiger partial charge >= 0.3 is 6.09 Å². The molecule has 0 spiro atoms. The van der Waals surface area contributed by atoms with E-state index in [1.807, 2.05) is 0 Å². The molecule has 176 valence electrons. The molecule has 1 aromatic carbocycles. The number of nitrogens with zero attached hydrogens (tertiary/aromatic N) is 5. The molecule has 0 radical (unpaired) electrons. The summed E-state index contributed by atoms with van der Waals surface area (Å²) in [4.78, 5) is 17.8. The number of carbonyl (C=O) groups is 1. The van der Waals surface area contributed by atoms with Crippen LogP contribution in [0.4, 0.5) is 18.0 Å². The molecule has 0 N–H and O–H groups in total. The Morgan fingerprint density at radius 3 is 2.71 bits per heavy atom. The Morgan fingerprint density at radius 2 is 2.00 bits per heavy atom. The average Bonchev–Trinajstić information content (AvgIpc) is 3.47. The molecule has 1 atom stereocenters.